The maximum Gasteiger partial charge on any atom is 0.320 e. The first kappa shape index (κ1) is 24.7. The van der Waals surface area contributed by atoms with Crippen LogP contribution in [0.15, 0.2) is 48.9 Å². The van der Waals surface area contributed by atoms with Gasteiger partial charge in [-0.3, -0.25) is 14.0 Å². The summed E-state index contributed by atoms with van der Waals surface area (Å²) in [5, 5.41) is 0.567. The highest BCUT2D eigenvalue weighted by molar-refractivity contribution is 6.51. The topological polar surface area (TPSA) is 106 Å². The van der Waals surface area contributed by atoms with Crippen LogP contribution < -0.4 is 5.73 Å². The summed E-state index contributed by atoms with van der Waals surface area (Å²) in [5.41, 5.74) is 9.63. The molecule has 1 fully saturated rings. The number of rotatable bonds is 3. The lowest BCUT2D eigenvalue weighted by Crippen LogP contribution is -2.47. The van der Waals surface area contributed by atoms with Crippen molar-refractivity contribution in [3.8, 4) is 0 Å². The van der Waals surface area contributed by atoms with Crippen molar-refractivity contribution in [1.82, 2.24) is 23.8 Å². The van der Waals surface area contributed by atoms with Crippen molar-refractivity contribution in [2.24, 2.45) is 11.7 Å². The van der Waals surface area contributed by atoms with Crippen LogP contribution in [0.5, 0.6) is 0 Å². The molecule has 5 heterocycles. The van der Waals surface area contributed by atoms with E-state index in [1.807, 2.05) is 40.1 Å². The Kier molecular flexibility index (Phi) is 5.81. The Balaban J connectivity index is 1.31. The smallest absolute Gasteiger partial charge is 0.320 e. The number of ketones is 2. The molecule has 1 aromatic carbocycles. The lowest BCUT2D eigenvalue weighted by Gasteiger charge is -2.35. The van der Waals surface area contributed by atoms with Gasteiger partial charge in [-0.25, -0.2) is 14.2 Å². The fourth-order valence-electron chi connectivity index (χ4n) is 6.50. The summed E-state index contributed by atoms with van der Waals surface area (Å²) in [6.07, 6.45) is 6.80. The number of carbonyl (C=O) groups excluding carboxylic acids is 3. The number of benzene rings is 1. The molecular formula is C30H29FN6O3. The third-order valence-electron chi connectivity index (χ3n) is 8.55. The van der Waals surface area contributed by atoms with E-state index >= 15 is 4.39 Å². The van der Waals surface area contributed by atoms with E-state index in [-0.39, 0.29) is 30.6 Å². The van der Waals surface area contributed by atoms with Gasteiger partial charge in [0.2, 0.25) is 0 Å². The SMILES string of the molecule is NCC1CCN(C(=O)N2CCn3cc(C4=C(c5cnc6ccccn56)C(=O)CC4=O)c4cc(F)cc(c43)C2)CC1. The van der Waals surface area contributed by atoms with E-state index in [1.54, 1.807) is 15.5 Å². The number of carbonyl (C=O) groups is 3. The molecule has 4 aromatic rings. The Morgan fingerprint density at radius 2 is 1.82 bits per heavy atom. The number of aromatic nitrogens is 3. The van der Waals surface area contributed by atoms with Crippen molar-refractivity contribution in [1.29, 1.82) is 0 Å². The number of amides is 2. The van der Waals surface area contributed by atoms with Crippen LogP contribution in [0.3, 0.4) is 0 Å². The summed E-state index contributed by atoms with van der Waals surface area (Å²) in [6.45, 7) is 3.17. The number of urea groups is 1. The van der Waals surface area contributed by atoms with E-state index in [1.165, 1.54) is 12.1 Å². The van der Waals surface area contributed by atoms with E-state index in [4.69, 9.17) is 5.73 Å². The van der Waals surface area contributed by atoms with Gasteiger partial charge in [0.25, 0.3) is 0 Å². The number of Topliss-reactive ketones (excluding diaryl/α,β-unsaturated/α-hetero) is 2. The largest absolute Gasteiger partial charge is 0.345 e. The summed E-state index contributed by atoms with van der Waals surface area (Å²) in [4.78, 5) is 48.0. The number of halogens is 1. The Labute approximate surface area is 229 Å². The Morgan fingerprint density at radius 1 is 1.02 bits per heavy atom. The maximum atomic E-state index is 15.1. The monoisotopic (exact) mass is 540 g/mol. The number of pyridine rings is 1. The lowest BCUT2D eigenvalue weighted by atomic mass is 9.97. The fourth-order valence-corrected chi connectivity index (χ4v) is 6.50. The highest BCUT2D eigenvalue weighted by atomic mass is 19.1. The van der Waals surface area contributed by atoms with Crippen LogP contribution in [0.1, 0.15) is 36.1 Å². The minimum atomic E-state index is -0.451. The molecule has 10 heteroatoms. The first-order chi connectivity index (χ1) is 19.4. The average molecular weight is 541 g/mol. The van der Waals surface area contributed by atoms with E-state index in [9.17, 15) is 14.4 Å². The molecule has 3 aromatic heterocycles. The maximum absolute atomic E-state index is 15.1. The minimum Gasteiger partial charge on any atom is -0.345 e. The van der Waals surface area contributed by atoms with Crippen LogP contribution >= 0.6 is 0 Å². The van der Waals surface area contributed by atoms with Crippen LogP contribution in [0.4, 0.5) is 9.18 Å². The van der Waals surface area contributed by atoms with Gasteiger partial charge in [-0.15, -0.1) is 0 Å². The molecule has 0 unspecified atom stereocenters. The van der Waals surface area contributed by atoms with Crippen molar-refractivity contribution >= 4 is 45.3 Å². The molecule has 0 bridgehead atoms. The molecule has 40 heavy (non-hydrogen) atoms. The molecule has 2 aliphatic heterocycles. The number of hydrogen-bond acceptors (Lipinski definition) is 5. The summed E-state index contributed by atoms with van der Waals surface area (Å²) >= 11 is 0. The summed E-state index contributed by atoms with van der Waals surface area (Å²) in [7, 11) is 0. The van der Waals surface area contributed by atoms with Gasteiger partial charge in [0.1, 0.15) is 11.5 Å². The third-order valence-corrected chi connectivity index (χ3v) is 8.55. The molecule has 9 nitrogen and oxygen atoms in total. The van der Waals surface area contributed by atoms with Crippen molar-refractivity contribution in [2.45, 2.75) is 32.4 Å². The standard InChI is InChI=1S/C30H29FN6O3/c31-20-11-19-16-36(30(40)34-7-4-18(14-32)5-8-34)10-9-35-17-22(21(12-20)29(19)35)27-24(38)13-25(39)28(27)23-15-33-26-3-1-2-6-37(23)26/h1-3,6,11-12,15,17-18H,4-5,7-10,13-14,16,32H2. The Bertz CT molecular complexity index is 1740. The number of nitrogens with two attached hydrogens (primary N) is 1. The van der Waals surface area contributed by atoms with Gasteiger partial charge in [-0.1, -0.05) is 6.07 Å². The predicted molar refractivity (Wildman–Crippen MR) is 148 cm³/mol. The molecule has 2 N–H and O–H groups in total. The normalized spacial score (nSPS) is 18.4. The van der Waals surface area contributed by atoms with Crippen LogP contribution in [0.25, 0.3) is 27.7 Å². The van der Waals surface area contributed by atoms with Crippen molar-refractivity contribution in [3.05, 3.63) is 71.6 Å². The van der Waals surface area contributed by atoms with Gasteiger partial charge in [0, 0.05) is 61.6 Å². The molecule has 1 saturated heterocycles. The average Bonchev–Trinajstić information content (AvgIpc) is 3.58. The van der Waals surface area contributed by atoms with Gasteiger partial charge in [0.15, 0.2) is 11.6 Å². The molecule has 1 aliphatic carbocycles. The highest BCUT2D eigenvalue weighted by Crippen LogP contribution is 2.41. The molecule has 3 aliphatic rings. The van der Waals surface area contributed by atoms with E-state index in [0.717, 1.165) is 18.4 Å². The zero-order valence-corrected chi connectivity index (χ0v) is 22.0. The molecule has 204 valence electrons. The Morgan fingerprint density at radius 3 is 2.62 bits per heavy atom. The van der Waals surface area contributed by atoms with Crippen molar-refractivity contribution in [3.63, 3.8) is 0 Å². The zero-order valence-electron chi connectivity index (χ0n) is 22.0. The van der Waals surface area contributed by atoms with Gasteiger partial charge in [0.05, 0.1) is 29.4 Å². The van der Waals surface area contributed by atoms with Crippen LogP contribution in [0.2, 0.25) is 0 Å². The van der Waals surface area contributed by atoms with Crippen LogP contribution in [-0.4, -0.2) is 67.5 Å². The van der Waals surface area contributed by atoms with Gasteiger partial charge >= 0.3 is 6.03 Å². The number of fused-ring (bicyclic) bond motifs is 1. The first-order valence-electron chi connectivity index (χ1n) is 13.7. The number of nitrogens with zero attached hydrogens (tertiary/aromatic N) is 5. The second-order valence-electron chi connectivity index (χ2n) is 10.9. The van der Waals surface area contributed by atoms with E-state index in [0.29, 0.717) is 77.6 Å². The number of allylic oxidation sites excluding steroid dienone is 2. The molecule has 2 amide bonds. The predicted octanol–water partition coefficient (Wildman–Crippen LogP) is 3.49. The van der Waals surface area contributed by atoms with Gasteiger partial charge in [-0.2, -0.15) is 0 Å². The number of piperidine rings is 1. The third kappa shape index (κ3) is 3.85. The molecule has 0 spiro atoms. The summed E-state index contributed by atoms with van der Waals surface area (Å²) < 4.78 is 18.9. The summed E-state index contributed by atoms with van der Waals surface area (Å²) in [6, 6.07) is 8.37. The first-order valence-corrected chi connectivity index (χ1v) is 13.7. The number of likely N-dealkylation sites (tertiary alicyclic amines) is 1. The van der Waals surface area contributed by atoms with Crippen LogP contribution in [0, 0.1) is 11.7 Å². The zero-order chi connectivity index (χ0) is 27.5. The summed E-state index contributed by atoms with van der Waals surface area (Å²) in [5.74, 6) is -0.565. The van der Waals surface area contributed by atoms with E-state index in [2.05, 4.69) is 4.98 Å². The quantitative estimate of drug-likeness (QED) is 0.401. The molecule has 0 radical (unpaired) electrons. The number of imidazole rings is 1. The number of hydrogen-bond donors (Lipinski definition) is 1. The van der Waals surface area contributed by atoms with Crippen molar-refractivity contribution < 1.29 is 18.8 Å². The molecule has 7 rings (SSSR count). The Hall–Kier alpha value is -4.31. The molecule has 0 atom stereocenters. The van der Waals surface area contributed by atoms with Crippen molar-refractivity contribution in [2.75, 3.05) is 26.2 Å². The second-order valence-corrected chi connectivity index (χ2v) is 10.9. The lowest BCUT2D eigenvalue weighted by molar-refractivity contribution is -0.119. The fraction of sp³-hybridized carbons (Fsp3) is 0.333. The van der Waals surface area contributed by atoms with Crippen LogP contribution in [-0.2, 0) is 22.7 Å². The molecular weight excluding hydrogens is 511 g/mol. The highest BCUT2D eigenvalue weighted by Gasteiger charge is 2.36. The van der Waals surface area contributed by atoms with E-state index < -0.39 is 5.82 Å². The molecule has 0 saturated carbocycles. The van der Waals surface area contributed by atoms with Gasteiger partial charge in [-0.05, 0) is 55.1 Å². The second kappa shape index (κ2) is 9.41. The minimum absolute atomic E-state index is 0.0481. The van der Waals surface area contributed by atoms with Gasteiger partial charge < -0.3 is 20.1 Å².